The third-order valence-electron chi connectivity index (χ3n) is 4.69. The van der Waals surface area contributed by atoms with Crippen LogP contribution in [-0.2, 0) is 11.3 Å². The lowest BCUT2D eigenvalue weighted by atomic mass is 10.2. The van der Waals surface area contributed by atoms with Gasteiger partial charge in [0, 0.05) is 50.8 Å². The molecule has 2 heterocycles. The van der Waals surface area contributed by atoms with E-state index in [1.165, 1.54) is 5.56 Å². The molecule has 1 N–H and O–H groups in total. The fourth-order valence-corrected chi connectivity index (χ4v) is 3.39. The molecule has 0 atom stereocenters. The summed E-state index contributed by atoms with van der Waals surface area (Å²) < 4.78 is 5.43. The normalized spacial score (nSPS) is 14.7. The van der Waals surface area contributed by atoms with Crippen LogP contribution in [0.4, 0.5) is 5.69 Å². The Morgan fingerprint density at radius 1 is 1.22 bits per heavy atom. The Bertz CT molecular complexity index is 702. The molecule has 0 bridgehead atoms. The maximum absolute atomic E-state index is 5.72. The number of morpholine rings is 1. The Labute approximate surface area is 167 Å². The number of rotatable bonds is 7. The molecule has 5 nitrogen and oxygen atoms in total. The second kappa shape index (κ2) is 10.3. The van der Waals surface area contributed by atoms with Gasteiger partial charge in [0.1, 0.15) is 0 Å². The highest BCUT2D eigenvalue weighted by molar-refractivity contribution is 7.80. The monoisotopic (exact) mass is 384 g/mol. The molecule has 0 spiro atoms. The summed E-state index contributed by atoms with van der Waals surface area (Å²) in [6, 6.07) is 12.4. The number of nitrogens with one attached hydrogen (secondary N) is 1. The summed E-state index contributed by atoms with van der Waals surface area (Å²) >= 11 is 5.72. The van der Waals surface area contributed by atoms with Gasteiger partial charge in [-0.25, -0.2) is 0 Å². The number of thiocarbonyl (C=S) groups is 1. The van der Waals surface area contributed by atoms with E-state index < -0.39 is 0 Å². The Balaban J connectivity index is 1.59. The molecule has 1 aromatic carbocycles. The van der Waals surface area contributed by atoms with E-state index in [1.807, 2.05) is 12.3 Å². The highest BCUT2D eigenvalue weighted by atomic mass is 32.1. The van der Waals surface area contributed by atoms with Crippen molar-refractivity contribution < 1.29 is 4.74 Å². The van der Waals surface area contributed by atoms with Crippen molar-refractivity contribution in [3.63, 3.8) is 0 Å². The number of aryl methyl sites for hydroxylation is 1. The SMILES string of the molecule is Cc1ccc(NC(=S)N(CCCN2CCOCC2)Cc2cccnc2)cc1. The summed E-state index contributed by atoms with van der Waals surface area (Å²) in [7, 11) is 0. The number of anilines is 1. The predicted octanol–water partition coefficient (Wildman–Crippen LogP) is 3.31. The van der Waals surface area contributed by atoms with E-state index >= 15 is 0 Å². The van der Waals surface area contributed by atoms with E-state index in [2.05, 4.69) is 57.4 Å². The lowest BCUT2D eigenvalue weighted by Gasteiger charge is -2.29. The minimum absolute atomic E-state index is 0.754. The second-order valence-corrected chi connectivity index (χ2v) is 7.27. The van der Waals surface area contributed by atoms with Crippen LogP contribution in [0.1, 0.15) is 17.5 Å². The quantitative estimate of drug-likeness (QED) is 0.739. The number of aromatic nitrogens is 1. The smallest absolute Gasteiger partial charge is 0.173 e. The largest absolute Gasteiger partial charge is 0.379 e. The predicted molar refractivity (Wildman–Crippen MR) is 114 cm³/mol. The molecule has 1 aliphatic heterocycles. The third kappa shape index (κ3) is 6.57. The van der Waals surface area contributed by atoms with Crippen LogP contribution in [-0.4, -0.2) is 59.3 Å². The maximum Gasteiger partial charge on any atom is 0.173 e. The molecule has 1 fully saturated rings. The minimum Gasteiger partial charge on any atom is -0.379 e. The number of ether oxygens (including phenoxy) is 1. The topological polar surface area (TPSA) is 40.6 Å². The Morgan fingerprint density at radius 2 is 2.00 bits per heavy atom. The van der Waals surface area contributed by atoms with Gasteiger partial charge in [0.2, 0.25) is 0 Å². The molecule has 0 aliphatic carbocycles. The first-order valence-corrected chi connectivity index (χ1v) is 9.93. The van der Waals surface area contributed by atoms with Crippen molar-refractivity contribution in [1.82, 2.24) is 14.8 Å². The number of nitrogens with zero attached hydrogens (tertiary/aromatic N) is 3. The van der Waals surface area contributed by atoms with Crippen molar-refractivity contribution in [3.8, 4) is 0 Å². The van der Waals surface area contributed by atoms with E-state index in [4.69, 9.17) is 17.0 Å². The lowest BCUT2D eigenvalue weighted by Crippen LogP contribution is -2.40. The second-order valence-electron chi connectivity index (χ2n) is 6.89. The summed E-state index contributed by atoms with van der Waals surface area (Å²) in [5.41, 5.74) is 3.43. The van der Waals surface area contributed by atoms with Crippen molar-refractivity contribution in [2.24, 2.45) is 0 Å². The van der Waals surface area contributed by atoms with Crippen LogP contribution in [0.2, 0.25) is 0 Å². The van der Waals surface area contributed by atoms with Crippen LogP contribution in [0.15, 0.2) is 48.8 Å². The Hall–Kier alpha value is -2.02. The fourth-order valence-electron chi connectivity index (χ4n) is 3.11. The number of hydrogen-bond donors (Lipinski definition) is 1. The van der Waals surface area contributed by atoms with E-state index in [0.717, 1.165) is 68.7 Å². The molecule has 6 heteroatoms. The molecular formula is C21H28N4OS. The van der Waals surface area contributed by atoms with Crippen LogP contribution in [0.25, 0.3) is 0 Å². The van der Waals surface area contributed by atoms with Gasteiger partial charge in [-0.3, -0.25) is 9.88 Å². The first-order valence-electron chi connectivity index (χ1n) is 9.52. The number of benzene rings is 1. The van der Waals surface area contributed by atoms with Gasteiger partial charge in [0.05, 0.1) is 13.2 Å². The Morgan fingerprint density at radius 3 is 2.70 bits per heavy atom. The zero-order valence-corrected chi connectivity index (χ0v) is 16.8. The number of hydrogen-bond acceptors (Lipinski definition) is 4. The van der Waals surface area contributed by atoms with Crippen LogP contribution in [0.5, 0.6) is 0 Å². The summed E-state index contributed by atoms with van der Waals surface area (Å²) in [6.45, 7) is 8.55. The summed E-state index contributed by atoms with van der Waals surface area (Å²) in [5.74, 6) is 0. The molecule has 144 valence electrons. The summed E-state index contributed by atoms with van der Waals surface area (Å²) in [6.07, 6.45) is 4.77. The molecule has 1 aliphatic rings. The van der Waals surface area contributed by atoms with Crippen LogP contribution in [0.3, 0.4) is 0 Å². The first-order chi connectivity index (χ1) is 13.2. The fraction of sp³-hybridized carbons (Fsp3) is 0.429. The number of pyridine rings is 1. The average molecular weight is 385 g/mol. The van der Waals surface area contributed by atoms with Crippen molar-refractivity contribution in [2.75, 3.05) is 44.7 Å². The van der Waals surface area contributed by atoms with Crippen molar-refractivity contribution >= 4 is 23.0 Å². The average Bonchev–Trinajstić information content (AvgIpc) is 2.70. The molecule has 0 saturated carbocycles. The van der Waals surface area contributed by atoms with Crippen LogP contribution in [0, 0.1) is 6.92 Å². The first kappa shape index (κ1) is 19.7. The van der Waals surface area contributed by atoms with Gasteiger partial charge in [-0.1, -0.05) is 23.8 Å². The highest BCUT2D eigenvalue weighted by Crippen LogP contribution is 2.12. The molecule has 1 aromatic heterocycles. The molecule has 2 aromatic rings. The molecule has 0 amide bonds. The highest BCUT2D eigenvalue weighted by Gasteiger charge is 2.14. The summed E-state index contributed by atoms with van der Waals surface area (Å²) in [5, 5.41) is 4.14. The van der Waals surface area contributed by atoms with E-state index in [0.29, 0.717) is 0 Å². The van der Waals surface area contributed by atoms with Gasteiger partial charge in [0.15, 0.2) is 5.11 Å². The molecule has 0 radical (unpaired) electrons. The van der Waals surface area contributed by atoms with E-state index in [-0.39, 0.29) is 0 Å². The van der Waals surface area contributed by atoms with Gasteiger partial charge in [-0.15, -0.1) is 0 Å². The van der Waals surface area contributed by atoms with Gasteiger partial charge in [-0.2, -0.15) is 0 Å². The van der Waals surface area contributed by atoms with Gasteiger partial charge >= 0.3 is 0 Å². The maximum atomic E-state index is 5.72. The third-order valence-corrected chi connectivity index (χ3v) is 5.05. The molecule has 3 rings (SSSR count). The van der Waals surface area contributed by atoms with Crippen molar-refractivity contribution in [3.05, 3.63) is 59.9 Å². The molecule has 1 saturated heterocycles. The standard InChI is InChI=1S/C21H28N4OS/c1-18-5-7-20(8-6-18)23-21(27)25(17-19-4-2-9-22-16-19)11-3-10-24-12-14-26-15-13-24/h2,4-9,16H,3,10-15,17H2,1H3,(H,23,27). The molecular weight excluding hydrogens is 356 g/mol. The van der Waals surface area contributed by atoms with E-state index in [1.54, 1.807) is 6.20 Å². The Kier molecular flexibility index (Phi) is 7.56. The van der Waals surface area contributed by atoms with Crippen molar-refractivity contribution in [2.45, 2.75) is 19.9 Å². The van der Waals surface area contributed by atoms with Crippen molar-refractivity contribution in [1.29, 1.82) is 0 Å². The minimum atomic E-state index is 0.754. The van der Waals surface area contributed by atoms with Gasteiger partial charge in [0.25, 0.3) is 0 Å². The van der Waals surface area contributed by atoms with Crippen LogP contribution < -0.4 is 5.32 Å². The van der Waals surface area contributed by atoms with Crippen LogP contribution >= 0.6 is 12.2 Å². The summed E-state index contributed by atoms with van der Waals surface area (Å²) in [4.78, 5) is 8.92. The lowest BCUT2D eigenvalue weighted by molar-refractivity contribution is 0.0368. The van der Waals surface area contributed by atoms with Gasteiger partial charge < -0.3 is 15.0 Å². The zero-order chi connectivity index (χ0) is 18.9. The van der Waals surface area contributed by atoms with E-state index in [9.17, 15) is 0 Å². The van der Waals surface area contributed by atoms with Gasteiger partial charge in [-0.05, 0) is 49.3 Å². The zero-order valence-electron chi connectivity index (χ0n) is 15.9. The molecule has 27 heavy (non-hydrogen) atoms. The molecule has 0 unspecified atom stereocenters.